The van der Waals surface area contributed by atoms with E-state index in [1.807, 2.05) is 6.92 Å². The number of nitrogens with one attached hydrogen (secondary N) is 2. The summed E-state index contributed by atoms with van der Waals surface area (Å²) in [7, 11) is 0. The Hall–Kier alpha value is -1.63. The first kappa shape index (κ1) is 17.4. The van der Waals surface area contributed by atoms with Gasteiger partial charge < -0.3 is 15.7 Å². The van der Waals surface area contributed by atoms with Gasteiger partial charge in [-0.3, -0.25) is 4.79 Å². The van der Waals surface area contributed by atoms with E-state index in [1.165, 1.54) is 12.1 Å². The van der Waals surface area contributed by atoms with Crippen LogP contribution in [-0.4, -0.2) is 23.7 Å². The molecule has 0 aliphatic heterocycles. The van der Waals surface area contributed by atoms with Crippen molar-refractivity contribution < 1.29 is 19.1 Å². The van der Waals surface area contributed by atoms with Gasteiger partial charge in [-0.25, -0.2) is 9.18 Å². The molecule has 0 radical (unpaired) electrons. The van der Waals surface area contributed by atoms with Crippen molar-refractivity contribution in [3.8, 4) is 0 Å². The standard InChI is InChI=1S/C14H18BrFN2O3/c1-2-3-4-9(13(19)20)8-17-14(21)18-10-5-6-11(15)12(16)7-10/h5-7,9H,2-4,8H2,1H3,(H,19,20)(H2,17,18,21). The predicted octanol–water partition coefficient (Wildman–Crippen LogP) is 3.60. The third-order valence-corrected chi connectivity index (χ3v) is 3.58. The van der Waals surface area contributed by atoms with Crippen molar-refractivity contribution in [3.63, 3.8) is 0 Å². The van der Waals surface area contributed by atoms with Crippen LogP contribution in [0.5, 0.6) is 0 Å². The summed E-state index contributed by atoms with van der Waals surface area (Å²) < 4.78 is 13.6. The van der Waals surface area contributed by atoms with Gasteiger partial charge >= 0.3 is 12.0 Å². The minimum Gasteiger partial charge on any atom is -0.481 e. The number of hydrogen-bond acceptors (Lipinski definition) is 2. The SMILES string of the molecule is CCCCC(CNC(=O)Nc1ccc(Br)c(F)c1)C(=O)O. The number of aliphatic carboxylic acids is 1. The summed E-state index contributed by atoms with van der Waals surface area (Å²) in [5.41, 5.74) is 0.300. The molecule has 0 aliphatic carbocycles. The molecule has 0 fully saturated rings. The molecule has 0 heterocycles. The van der Waals surface area contributed by atoms with Gasteiger partial charge in [-0.15, -0.1) is 0 Å². The fourth-order valence-electron chi connectivity index (χ4n) is 1.73. The number of carboxylic acids is 1. The van der Waals surface area contributed by atoms with Gasteiger partial charge in [-0.1, -0.05) is 19.8 Å². The molecule has 0 saturated heterocycles. The van der Waals surface area contributed by atoms with E-state index in [0.717, 1.165) is 12.8 Å². The van der Waals surface area contributed by atoms with Crippen LogP contribution in [0.3, 0.4) is 0 Å². The molecule has 1 atom stereocenters. The molecule has 5 nitrogen and oxygen atoms in total. The number of unbranched alkanes of at least 4 members (excludes halogenated alkanes) is 1. The maximum atomic E-state index is 13.3. The van der Waals surface area contributed by atoms with Gasteiger partial charge in [0.2, 0.25) is 0 Å². The van der Waals surface area contributed by atoms with Crippen molar-refractivity contribution in [3.05, 3.63) is 28.5 Å². The summed E-state index contributed by atoms with van der Waals surface area (Å²) in [6.45, 7) is 2.02. The van der Waals surface area contributed by atoms with E-state index in [9.17, 15) is 14.0 Å². The summed E-state index contributed by atoms with van der Waals surface area (Å²) in [6, 6.07) is 3.64. The summed E-state index contributed by atoms with van der Waals surface area (Å²) in [5, 5.41) is 14.0. The van der Waals surface area contributed by atoms with Crippen molar-refractivity contribution >= 4 is 33.6 Å². The molecule has 1 aromatic carbocycles. The number of benzene rings is 1. The Bertz CT molecular complexity index is 511. The lowest BCUT2D eigenvalue weighted by Gasteiger charge is -2.13. The fourth-order valence-corrected chi connectivity index (χ4v) is 1.98. The minimum atomic E-state index is -0.932. The Balaban J connectivity index is 2.48. The van der Waals surface area contributed by atoms with Crippen LogP contribution in [0.1, 0.15) is 26.2 Å². The van der Waals surface area contributed by atoms with Gasteiger partial charge in [0, 0.05) is 12.2 Å². The first-order chi connectivity index (χ1) is 9.93. The normalized spacial score (nSPS) is 11.8. The molecule has 0 saturated carbocycles. The van der Waals surface area contributed by atoms with E-state index in [0.29, 0.717) is 16.6 Å². The second kappa shape index (κ2) is 8.61. The molecule has 3 N–H and O–H groups in total. The molecule has 1 aromatic rings. The van der Waals surface area contributed by atoms with Crippen molar-refractivity contribution in [2.45, 2.75) is 26.2 Å². The quantitative estimate of drug-likeness (QED) is 0.694. The zero-order valence-electron chi connectivity index (χ0n) is 11.7. The van der Waals surface area contributed by atoms with Gasteiger partial charge in [0.15, 0.2) is 0 Å². The molecule has 0 spiro atoms. The third-order valence-electron chi connectivity index (χ3n) is 2.94. The Labute approximate surface area is 131 Å². The average molecular weight is 361 g/mol. The molecule has 0 bridgehead atoms. The molecule has 116 valence electrons. The highest BCUT2D eigenvalue weighted by molar-refractivity contribution is 9.10. The summed E-state index contributed by atoms with van der Waals surface area (Å²) in [5.74, 6) is -2.03. The predicted molar refractivity (Wildman–Crippen MR) is 81.8 cm³/mol. The van der Waals surface area contributed by atoms with Crippen molar-refractivity contribution in [2.75, 3.05) is 11.9 Å². The summed E-state index contributed by atoms with van der Waals surface area (Å²) in [6.07, 6.45) is 2.20. The minimum absolute atomic E-state index is 0.0418. The number of carboxylic acid groups (broad SMARTS) is 1. The zero-order chi connectivity index (χ0) is 15.8. The Morgan fingerprint density at radius 3 is 2.71 bits per heavy atom. The van der Waals surface area contributed by atoms with E-state index in [4.69, 9.17) is 5.11 Å². The number of carbonyl (C=O) groups is 2. The number of rotatable bonds is 7. The second-order valence-corrected chi connectivity index (χ2v) is 5.50. The van der Waals surface area contributed by atoms with E-state index >= 15 is 0 Å². The largest absolute Gasteiger partial charge is 0.481 e. The Morgan fingerprint density at radius 2 is 2.14 bits per heavy atom. The maximum Gasteiger partial charge on any atom is 0.319 e. The van der Waals surface area contributed by atoms with E-state index in [2.05, 4.69) is 26.6 Å². The highest BCUT2D eigenvalue weighted by atomic mass is 79.9. The number of anilines is 1. The number of urea groups is 1. The van der Waals surface area contributed by atoms with Crippen LogP contribution >= 0.6 is 15.9 Å². The number of halogens is 2. The molecule has 0 aliphatic rings. The molecule has 1 rings (SSSR count). The molecule has 7 heteroatoms. The first-order valence-electron chi connectivity index (χ1n) is 6.66. The van der Waals surface area contributed by atoms with Gasteiger partial charge in [-0.05, 0) is 40.5 Å². The van der Waals surface area contributed by atoms with Crippen LogP contribution in [0, 0.1) is 11.7 Å². The summed E-state index contributed by atoms with van der Waals surface area (Å²) in [4.78, 5) is 22.7. The molecule has 1 unspecified atom stereocenters. The molecular weight excluding hydrogens is 343 g/mol. The Kier molecular flexibility index (Phi) is 7.14. The molecular formula is C14H18BrFN2O3. The topological polar surface area (TPSA) is 78.4 Å². The van der Waals surface area contributed by atoms with Crippen molar-refractivity contribution in [1.29, 1.82) is 0 Å². The molecule has 2 amide bonds. The Morgan fingerprint density at radius 1 is 1.43 bits per heavy atom. The van der Waals surface area contributed by atoms with Crippen LogP contribution in [0.15, 0.2) is 22.7 Å². The van der Waals surface area contributed by atoms with Crippen molar-refractivity contribution in [2.24, 2.45) is 5.92 Å². The average Bonchev–Trinajstić information content (AvgIpc) is 2.42. The van der Waals surface area contributed by atoms with Crippen LogP contribution in [-0.2, 0) is 4.79 Å². The number of amides is 2. The lowest BCUT2D eigenvalue weighted by molar-refractivity contribution is -0.141. The third kappa shape index (κ3) is 6.12. The number of hydrogen-bond donors (Lipinski definition) is 3. The number of carbonyl (C=O) groups excluding carboxylic acids is 1. The van der Waals surface area contributed by atoms with Gasteiger partial charge in [0.05, 0.1) is 10.4 Å². The molecule has 21 heavy (non-hydrogen) atoms. The first-order valence-corrected chi connectivity index (χ1v) is 7.46. The van der Waals surface area contributed by atoms with Gasteiger partial charge in [0.25, 0.3) is 0 Å². The van der Waals surface area contributed by atoms with E-state index in [1.54, 1.807) is 6.07 Å². The van der Waals surface area contributed by atoms with E-state index < -0.39 is 23.7 Å². The lowest BCUT2D eigenvalue weighted by Crippen LogP contribution is -2.35. The fraction of sp³-hybridized carbons (Fsp3) is 0.429. The van der Waals surface area contributed by atoms with Crippen LogP contribution < -0.4 is 10.6 Å². The van der Waals surface area contributed by atoms with Gasteiger partial charge in [-0.2, -0.15) is 0 Å². The highest BCUT2D eigenvalue weighted by Gasteiger charge is 2.17. The van der Waals surface area contributed by atoms with Gasteiger partial charge in [0.1, 0.15) is 5.82 Å². The maximum absolute atomic E-state index is 13.3. The summed E-state index contributed by atoms with van der Waals surface area (Å²) >= 11 is 3.02. The van der Waals surface area contributed by atoms with Crippen LogP contribution in [0.25, 0.3) is 0 Å². The zero-order valence-corrected chi connectivity index (χ0v) is 13.2. The second-order valence-electron chi connectivity index (χ2n) is 4.64. The van der Waals surface area contributed by atoms with E-state index in [-0.39, 0.29) is 6.54 Å². The molecule has 0 aromatic heterocycles. The lowest BCUT2D eigenvalue weighted by atomic mass is 10.0. The highest BCUT2D eigenvalue weighted by Crippen LogP contribution is 2.19. The van der Waals surface area contributed by atoms with Crippen LogP contribution in [0.2, 0.25) is 0 Å². The van der Waals surface area contributed by atoms with Crippen molar-refractivity contribution in [1.82, 2.24) is 5.32 Å². The smallest absolute Gasteiger partial charge is 0.319 e. The monoisotopic (exact) mass is 360 g/mol. The van der Waals surface area contributed by atoms with Crippen LogP contribution in [0.4, 0.5) is 14.9 Å².